The van der Waals surface area contributed by atoms with Gasteiger partial charge in [0.25, 0.3) is 0 Å². The predicted octanol–water partition coefficient (Wildman–Crippen LogP) is 17.4. The van der Waals surface area contributed by atoms with Gasteiger partial charge >= 0.3 is 0 Å². The van der Waals surface area contributed by atoms with Crippen molar-refractivity contribution in [2.45, 2.75) is 19.8 Å². The van der Waals surface area contributed by atoms with E-state index in [4.69, 9.17) is 4.42 Å². The molecule has 0 N–H and O–H groups in total. The van der Waals surface area contributed by atoms with Gasteiger partial charge in [0.2, 0.25) is 0 Å². The van der Waals surface area contributed by atoms with Crippen LogP contribution in [0.5, 0.6) is 0 Å². The van der Waals surface area contributed by atoms with Gasteiger partial charge < -0.3 is 18.8 Å². The van der Waals surface area contributed by atoms with Crippen LogP contribution < -0.4 is 9.80 Å². The fourth-order valence-corrected chi connectivity index (χ4v) is 10.4. The number of anilines is 4. The summed E-state index contributed by atoms with van der Waals surface area (Å²) in [6, 6.07) is 72.3. The normalized spacial score (nSPS) is 12.5. The number of hydrogen-bond acceptors (Lipinski definition) is 3. The highest BCUT2D eigenvalue weighted by molar-refractivity contribution is 6.08. The number of hydrogen-bond donors (Lipinski definition) is 0. The van der Waals surface area contributed by atoms with Gasteiger partial charge in [0.1, 0.15) is 11.2 Å². The van der Waals surface area contributed by atoms with E-state index in [-0.39, 0.29) is 0 Å². The first-order chi connectivity index (χ1) is 33.5. The lowest BCUT2D eigenvalue weighted by molar-refractivity contribution is 0.669. The highest BCUT2D eigenvalue weighted by atomic mass is 16.3. The third-order valence-corrected chi connectivity index (χ3v) is 13.8. The molecule has 2 heterocycles. The number of allylic oxidation sites excluding steroid dienone is 3. The zero-order valence-corrected chi connectivity index (χ0v) is 38.2. The van der Waals surface area contributed by atoms with Crippen molar-refractivity contribution in [2.24, 2.45) is 0 Å². The molecule has 4 heteroatoms. The second-order valence-corrected chi connectivity index (χ2v) is 17.8. The van der Waals surface area contributed by atoms with Crippen LogP contribution in [0.15, 0.2) is 229 Å². The average molecular weight is 876 g/mol. The molecule has 2 aromatic heterocycles. The molecule has 0 radical (unpaired) electrons. The summed E-state index contributed by atoms with van der Waals surface area (Å²) in [6.45, 7) is 6.35. The van der Waals surface area contributed by atoms with Crippen LogP contribution in [0.2, 0.25) is 0 Å². The SMILES string of the molecule is C=C/C=C(\c1ccccc1C)N(c1ccc(-c2cccc3ccccc23)cc1)c1cccc(N(C)c2ccc3oc4ccc(-c5ccc6c7c(n(-c8ccccc8)c6c5)C=CCC7)cc4c3c2)c1. The number of aryl methyl sites for hydroxylation is 2. The Labute approximate surface area is 397 Å². The van der Waals surface area contributed by atoms with Crippen molar-refractivity contribution in [2.75, 3.05) is 16.8 Å². The predicted molar refractivity (Wildman–Crippen MR) is 289 cm³/mol. The van der Waals surface area contributed by atoms with Crippen LogP contribution in [0.3, 0.4) is 0 Å². The number of fused-ring (bicyclic) bond motifs is 7. The minimum atomic E-state index is 0.867. The number of furan rings is 1. The Hall–Kier alpha value is -8.60. The van der Waals surface area contributed by atoms with E-state index in [0.29, 0.717) is 0 Å². The smallest absolute Gasteiger partial charge is 0.135 e. The summed E-state index contributed by atoms with van der Waals surface area (Å²) in [4.78, 5) is 4.61. The second-order valence-electron chi connectivity index (χ2n) is 17.8. The highest BCUT2D eigenvalue weighted by Gasteiger charge is 2.22. The molecular formula is C64H49N3O. The van der Waals surface area contributed by atoms with Crippen LogP contribution in [0, 0.1) is 6.92 Å². The van der Waals surface area contributed by atoms with E-state index >= 15 is 0 Å². The molecule has 0 fully saturated rings. The fourth-order valence-electron chi connectivity index (χ4n) is 10.4. The quantitative estimate of drug-likeness (QED) is 0.128. The Morgan fingerprint density at radius 3 is 2.10 bits per heavy atom. The van der Waals surface area contributed by atoms with Gasteiger partial charge in [0.05, 0.1) is 11.2 Å². The molecule has 0 unspecified atom stereocenters. The lowest BCUT2D eigenvalue weighted by atomic mass is 9.97. The van der Waals surface area contributed by atoms with Gasteiger partial charge in [0, 0.05) is 62.9 Å². The van der Waals surface area contributed by atoms with Crippen LogP contribution in [0.25, 0.3) is 83.3 Å². The number of nitrogens with zero attached hydrogens (tertiary/aromatic N) is 3. The van der Waals surface area contributed by atoms with Gasteiger partial charge in [-0.05, 0) is 155 Å². The minimum Gasteiger partial charge on any atom is -0.456 e. The van der Waals surface area contributed by atoms with Crippen LogP contribution in [0.4, 0.5) is 22.7 Å². The Kier molecular flexibility index (Phi) is 10.2. The van der Waals surface area contributed by atoms with Crippen molar-refractivity contribution in [3.05, 3.63) is 247 Å². The summed E-state index contributed by atoms with van der Waals surface area (Å²) in [5, 5.41) is 5.98. The Morgan fingerprint density at radius 2 is 1.25 bits per heavy atom. The van der Waals surface area contributed by atoms with E-state index in [2.05, 4.69) is 253 Å². The zero-order chi connectivity index (χ0) is 45.7. The molecule has 0 saturated carbocycles. The zero-order valence-electron chi connectivity index (χ0n) is 38.2. The molecule has 0 spiro atoms. The number of aromatic nitrogens is 1. The topological polar surface area (TPSA) is 24.6 Å². The molecular weight excluding hydrogens is 827 g/mol. The first-order valence-electron chi connectivity index (χ1n) is 23.5. The van der Waals surface area contributed by atoms with E-state index in [9.17, 15) is 0 Å². The third kappa shape index (κ3) is 7.10. The summed E-state index contributed by atoms with van der Waals surface area (Å²) in [6.07, 6.45) is 10.7. The van der Waals surface area contributed by atoms with Gasteiger partial charge in [-0.15, -0.1) is 0 Å². The molecule has 4 nitrogen and oxygen atoms in total. The number of rotatable bonds is 10. The average Bonchev–Trinajstić information content (AvgIpc) is 3.93. The van der Waals surface area contributed by atoms with E-state index in [1.165, 1.54) is 60.9 Å². The van der Waals surface area contributed by atoms with Crippen molar-refractivity contribution in [1.82, 2.24) is 4.57 Å². The highest BCUT2D eigenvalue weighted by Crippen LogP contribution is 2.42. The van der Waals surface area contributed by atoms with Gasteiger partial charge in [-0.1, -0.05) is 140 Å². The summed E-state index contributed by atoms with van der Waals surface area (Å²) in [7, 11) is 2.14. The summed E-state index contributed by atoms with van der Waals surface area (Å²) >= 11 is 0. The standard InChI is InChI=1S/C64H49N3O/c1-4-16-60(53-24-10-8-17-43(53)2)66(49-33-29-45(30-34-49)55-27-14-19-44-18-9-11-25-54(44)55)52-23-15-22-50(41-52)65(3)51-35-38-64-59(42-51)58-39-46(32-37-63(58)68-64)47-31-36-57-56-26-12-13-28-61(56)67(62(57)40-47)48-20-6-5-7-21-48/h4-11,13-25,27-42H,1,12,26H2,2-3H3/b60-16+. The second kappa shape index (κ2) is 17.0. The van der Waals surface area contributed by atoms with Gasteiger partial charge in [-0.25, -0.2) is 0 Å². The molecule has 0 atom stereocenters. The molecule has 1 aliphatic carbocycles. The molecule has 1 aliphatic rings. The van der Waals surface area contributed by atoms with Crippen LogP contribution in [-0.4, -0.2) is 11.6 Å². The van der Waals surface area contributed by atoms with Crippen LogP contribution in [-0.2, 0) is 6.42 Å². The molecule has 12 rings (SSSR count). The molecule has 326 valence electrons. The number of para-hydroxylation sites is 1. The van der Waals surface area contributed by atoms with Crippen molar-refractivity contribution >= 4 is 78.1 Å². The first kappa shape index (κ1) is 40.9. The molecule has 0 aliphatic heterocycles. The molecule has 0 saturated heterocycles. The van der Waals surface area contributed by atoms with Crippen molar-refractivity contribution in [3.63, 3.8) is 0 Å². The van der Waals surface area contributed by atoms with Gasteiger partial charge in [-0.3, -0.25) is 0 Å². The summed E-state index contributed by atoms with van der Waals surface area (Å²) < 4.78 is 8.92. The van der Waals surface area contributed by atoms with Crippen LogP contribution in [0.1, 0.15) is 28.8 Å². The summed E-state index contributed by atoms with van der Waals surface area (Å²) in [5.74, 6) is 0. The minimum absolute atomic E-state index is 0.867. The molecule has 0 bridgehead atoms. The molecule has 9 aromatic carbocycles. The van der Waals surface area contributed by atoms with Gasteiger partial charge in [0.15, 0.2) is 0 Å². The number of benzene rings is 9. The molecule has 0 amide bonds. The molecule has 68 heavy (non-hydrogen) atoms. The Bertz CT molecular complexity index is 3790. The largest absolute Gasteiger partial charge is 0.456 e. The van der Waals surface area contributed by atoms with Crippen molar-refractivity contribution in [1.29, 1.82) is 0 Å². The maximum atomic E-state index is 6.49. The lowest BCUT2D eigenvalue weighted by Gasteiger charge is -2.30. The van der Waals surface area contributed by atoms with E-state index in [1.54, 1.807) is 0 Å². The van der Waals surface area contributed by atoms with Gasteiger partial charge in [-0.2, -0.15) is 0 Å². The summed E-state index contributed by atoms with van der Waals surface area (Å²) in [5.41, 5.74) is 19.2. The monoisotopic (exact) mass is 875 g/mol. The first-order valence-corrected chi connectivity index (χ1v) is 23.5. The Morgan fingerprint density at radius 1 is 0.574 bits per heavy atom. The third-order valence-electron chi connectivity index (χ3n) is 13.8. The van der Waals surface area contributed by atoms with E-state index in [1.807, 2.05) is 6.08 Å². The van der Waals surface area contributed by atoms with Crippen LogP contribution >= 0.6 is 0 Å². The fraction of sp³-hybridized carbons (Fsp3) is 0.0625. The maximum Gasteiger partial charge on any atom is 0.135 e. The Balaban J connectivity index is 0.920. The van der Waals surface area contributed by atoms with Crippen molar-refractivity contribution < 1.29 is 4.42 Å². The maximum absolute atomic E-state index is 6.49. The lowest BCUT2D eigenvalue weighted by Crippen LogP contribution is -2.17. The van der Waals surface area contributed by atoms with E-state index in [0.717, 1.165) is 74.4 Å². The van der Waals surface area contributed by atoms with E-state index < -0.39 is 0 Å². The van der Waals surface area contributed by atoms with Crippen molar-refractivity contribution in [3.8, 4) is 27.9 Å². The molecule has 11 aromatic rings.